The predicted octanol–water partition coefficient (Wildman–Crippen LogP) is 3.26. The summed E-state index contributed by atoms with van der Waals surface area (Å²) in [4.78, 5) is 4.23. The van der Waals surface area contributed by atoms with Gasteiger partial charge in [-0.05, 0) is 40.1 Å². The van der Waals surface area contributed by atoms with Crippen molar-refractivity contribution in [1.29, 1.82) is 0 Å². The summed E-state index contributed by atoms with van der Waals surface area (Å²) >= 11 is 1.70. The lowest BCUT2D eigenvalue weighted by molar-refractivity contribution is 0.146. The summed E-state index contributed by atoms with van der Waals surface area (Å²) in [5.74, 6) is 1.64. The van der Waals surface area contributed by atoms with Gasteiger partial charge < -0.3 is 20.1 Å². The van der Waals surface area contributed by atoms with Gasteiger partial charge in [0.25, 0.3) is 0 Å². The minimum Gasteiger partial charge on any atom is -0.491 e. The first-order chi connectivity index (χ1) is 11.3. The summed E-state index contributed by atoms with van der Waals surface area (Å²) in [6.45, 7) is 2.64. The van der Waals surface area contributed by atoms with Crippen molar-refractivity contribution in [1.82, 2.24) is 10.6 Å². The molecule has 0 bridgehead atoms. The minimum atomic E-state index is 0. The molecule has 132 valence electrons. The van der Waals surface area contributed by atoms with Gasteiger partial charge in [-0.2, -0.15) is 11.3 Å². The number of methoxy groups -OCH3 is 1. The topological polar surface area (TPSA) is 54.9 Å². The van der Waals surface area contributed by atoms with E-state index >= 15 is 0 Å². The Kier molecular flexibility index (Phi) is 10.4. The van der Waals surface area contributed by atoms with Crippen LogP contribution in [0.1, 0.15) is 11.1 Å². The molecule has 0 aliphatic heterocycles. The summed E-state index contributed by atoms with van der Waals surface area (Å²) in [5.41, 5.74) is 2.43. The number of nitrogens with zero attached hydrogens (tertiary/aromatic N) is 1. The van der Waals surface area contributed by atoms with Gasteiger partial charge in [0.05, 0.1) is 6.61 Å². The zero-order valence-electron chi connectivity index (χ0n) is 14.0. The predicted molar refractivity (Wildman–Crippen MR) is 111 cm³/mol. The highest BCUT2D eigenvalue weighted by atomic mass is 127. The van der Waals surface area contributed by atoms with E-state index in [1.807, 2.05) is 24.3 Å². The molecule has 0 fully saturated rings. The highest BCUT2D eigenvalue weighted by molar-refractivity contribution is 14.0. The number of hydrogen-bond acceptors (Lipinski definition) is 4. The van der Waals surface area contributed by atoms with Crippen LogP contribution in [0.25, 0.3) is 0 Å². The highest BCUT2D eigenvalue weighted by Crippen LogP contribution is 2.12. The fourth-order valence-corrected chi connectivity index (χ4v) is 2.60. The second kappa shape index (κ2) is 12.1. The van der Waals surface area contributed by atoms with Crippen molar-refractivity contribution in [3.05, 3.63) is 52.2 Å². The lowest BCUT2D eigenvalue weighted by Crippen LogP contribution is -2.36. The van der Waals surface area contributed by atoms with Crippen molar-refractivity contribution in [3.63, 3.8) is 0 Å². The van der Waals surface area contributed by atoms with Crippen molar-refractivity contribution < 1.29 is 9.47 Å². The maximum absolute atomic E-state index is 5.55. The Morgan fingerprint density at radius 2 is 1.75 bits per heavy atom. The Labute approximate surface area is 164 Å². The first kappa shape index (κ1) is 20.7. The van der Waals surface area contributed by atoms with Crippen molar-refractivity contribution in [2.45, 2.75) is 13.1 Å². The van der Waals surface area contributed by atoms with Crippen LogP contribution in [0.15, 0.2) is 46.1 Å². The Hall–Kier alpha value is -1.32. The van der Waals surface area contributed by atoms with E-state index in [0.717, 1.165) is 18.3 Å². The maximum atomic E-state index is 5.55. The van der Waals surface area contributed by atoms with Gasteiger partial charge in [-0.3, -0.25) is 4.99 Å². The van der Waals surface area contributed by atoms with Gasteiger partial charge >= 0.3 is 0 Å². The number of guanidine groups is 1. The monoisotopic (exact) mass is 461 g/mol. The second-order valence-electron chi connectivity index (χ2n) is 4.90. The maximum Gasteiger partial charge on any atom is 0.191 e. The summed E-state index contributed by atoms with van der Waals surface area (Å²) < 4.78 is 10.5. The standard InChI is InChI=1S/C17H23N3O2S.HI/c1-18-17(20-12-15-7-10-23-13-15)19-11-14-3-5-16(6-4-14)22-9-8-21-2;/h3-7,10,13H,8-9,11-12H2,1-2H3,(H2,18,19,20);1H. The van der Waals surface area contributed by atoms with Crippen molar-refractivity contribution in [2.75, 3.05) is 27.4 Å². The van der Waals surface area contributed by atoms with Crippen LogP contribution in [-0.4, -0.2) is 33.3 Å². The molecule has 0 amide bonds. The zero-order chi connectivity index (χ0) is 16.3. The molecule has 0 unspecified atom stereocenters. The van der Waals surface area contributed by atoms with Crippen LogP contribution in [-0.2, 0) is 17.8 Å². The molecule has 0 saturated heterocycles. The third-order valence-electron chi connectivity index (χ3n) is 3.20. The van der Waals surface area contributed by atoms with Crippen LogP contribution in [0.4, 0.5) is 0 Å². The van der Waals surface area contributed by atoms with Crippen LogP contribution in [0.3, 0.4) is 0 Å². The van der Waals surface area contributed by atoms with Crippen LogP contribution >= 0.6 is 35.3 Å². The normalized spacial score (nSPS) is 10.8. The van der Waals surface area contributed by atoms with E-state index in [1.165, 1.54) is 11.1 Å². The van der Waals surface area contributed by atoms with Gasteiger partial charge in [-0.15, -0.1) is 24.0 Å². The van der Waals surface area contributed by atoms with E-state index in [1.54, 1.807) is 25.5 Å². The first-order valence-electron chi connectivity index (χ1n) is 7.48. The van der Waals surface area contributed by atoms with Crippen LogP contribution in [0, 0.1) is 0 Å². The number of benzene rings is 1. The molecule has 5 nitrogen and oxygen atoms in total. The van der Waals surface area contributed by atoms with Gasteiger partial charge in [0.15, 0.2) is 5.96 Å². The molecule has 0 spiro atoms. The Balaban J connectivity index is 0.00000288. The van der Waals surface area contributed by atoms with E-state index in [2.05, 4.69) is 32.5 Å². The van der Waals surface area contributed by atoms with Crippen molar-refractivity contribution in [3.8, 4) is 5.75 Å². The van der Waals surface area contributed by atoms with E-state index in [4.69, 9.17) is 9.47 Å². The van der Waals surface area contributed by atoms with E-state index < -0.39 is 0 Å². The van der Waals surface area contributed by atoms with Gasteiger partial charge in [0, 0.05) is 27.2 Å². The number of thiophene rings is 1. The molecule has 2 aromatic rings. The Bertz CT molecular complexity index is 588. The van der Waals surface area contributed by atoms with Crippen LogP contribution < -0.4 is 15.4 Å². The summed E-state index contributed by atoms with van der Waals surface area (Å²) in [6, 6.07) is 10.1. The third-order valence-corrected chi connectivity index (χ3v) is 3.94. The summed E-state index contributed by atoms with van der Waals surface area (Å²) in [6.07, 6.45) is 0. The lowest BCUT2D eigenvalue weighted by atomic mass is 10.2. The molecule has 1 aromatic heterocycles. The molecule has 0 saturated carbocycles. The fourth-order valence-electron chi connectivity index (χ4n) is 1.93. The van der Waals surface area contributed by atoms with Crippen LogP contribution in [0.2, 0.25) is 0 Å². The average molecular weight is 461 g/mol. The molecular weight excluding hydrogens is 437 g/mol. The van der Waals surface area contributed by atoms with E-state index in [9.17, 15) is 0 Å². The summed E-state index contributed by atoms with van der Waals surface area (Å²) in [7, 11) is 3.44. The van der Waals surface area contributed by atoms with E-state index in [-0.39, 0.29) is 24.0 Å². The summed E-state index contributed by atoms with van der Waals surface area (Å²) in [5, 5.41) is 10.8. The van der Waals surface area contributed by atoms with Crippen LogP contribution in [0.5, 0.6) is 5.75 Å². The quantitative estimate of drug-likeness (QED) is 0.274. The smallest absolute Gasteiger partial charge is 0.191 e. The molecule has 24 heavy (non-hydrogen) atoms. The Morgan fingerprint density at radius 1 is 1.04 bits per heavy atom. The van der Waals surface area contributed by atoms with Gasteiger partial charge in [-0.25, -0.2) is 0 Å². The largest absolute Gasteiger partial charge is 0.491 e. The average Bonchev–Trinajstić information content (AvgIpc) is 3.10. The van der Waals surface area contributed by atoms with Crippen molar-refractivity contribution >= 4 is 41.3 Å². The zero-order valence-corrected chi connectivity index (χ0v) is 17.1. The Morgan fingerprint density at radius 3 is 2.33 bits per heavy atom. The first-order valence-corrected chi connectivity index (χ1v) is 8.42. The minimum absolute atomic E-state index is 0. The van der Waals surface area contributed by atoms with E-state index in [0.29, 0.717) is 19.8 Å². The molecular formula is C17H24IN3O2S. The molecule has 0 aliphatic rings. The third kappa shape index (κ3) is 7.50. The second-order valence-corrected chi connectivity index (χ2v) is 5.68. The molecule has 0 radical (unpaired) electrons. The molecule has 0 aliphatic carbocycles. The molecule has 7 heteroatoms. The molecule has 1 heterocycles. The highest BCUT2D eigenvalue weighted by Gasteiger charge is 2.00. The number of hydrogen-bond donors (Lipinski definition) is 2. The number of ether oxygens (including phenoxy) is 2. The van der Waals surface area contributed by atoms with Gasteiger partial charge in [-0.1, -0.05) is 12.1 Å². The SMILES string of the molecule is CN=C(NCc1ccc(OCCOC)cc1)NCc1ccsc1.I. The fraction of sp³-hybridized carbons (Fsp3) is 0.353. The number of nitrogens with one attached hydrogen (secondary N) is 2. The number of halogens is 1. The molecule has 2 N–H and O–H groups in total. The number of aliphatic imine (C=N–C) groups is 1. The van der Waals surface area contributed by atoms with Gasteiger partial charge in [0.1, 0.15) is 12.4 Å². The van der Waals surface area contributed by atoms with Gasteiger partial charge in [0.2, 0.25) is 0 Å². The lowest BCUT2D eigenvalue weighted by Gasteiger charge is -2.12. The molecule has 2 rings (SSSR count). The molecule has 1 aromatic carbocycles. The number of rotatable bonds is 8. The van der Waals surface area contributed by atoms with Crippen molar-refractivity contribution in [2.24, 2.45) is 4.99 Å². The molecule has 0 atom stereocenters.